The van der Waals surface area contributed by atoms with Gasteiger partial charge in [-0.1, -0.05) is 0 Å². The molecule has 144 valence electrons. The van der Waals surface area contributed by atoms with E-state index in [-0.39, 0.29) is 0 Å². The number of rotatable bonds is 2. The summed E-state index contributed by atoms with van der Waals surface area (Å²) in [6.07, 6.45) is 1.90. The minimum atomic E-state index is -1.99. The molecule has 0 spiro atoms. The molecule has 0 amide bonds. The van der Waals surface area contributed by atoms with E-state index in [0.29, 0.717) is 5.69 Å². The van der Waals surface area contributed by atoms with Crippen molar-refractivity contribution in [3.8, 4) is 11.3 Å². The first kappa shape index (κ1) is 18.8. The van der Waals surface area contributed by atoms with Gasteiger partial charge in [-0.3, -0.25) is 0 Å². The fourth-order valence-corrected chi connectivity index (χ4v) is 7.83. The molecule has 0 fully saturated rings. The van der Waals surface area contributed by atoms with Crippen LogP contribution in [0.2, 0.25) is 17.3 Å². The predicted octanol–water partition coefficient (Wildman–Crippen LogP) is 7.30. The Kier molecular flexibility index (Phi) is 4.38. The molecule has 0 N–H and O–H groups in total. The van der Waals surface area contributed by atoms with E-state index in [0.717, 1.165) is 27.4 Å². The normalized spacial score (nSPS) is 11.8. The van der Waals surface area contributed by atoms with Gasteiger partial charge in [0.05, 0.1) is 0 Å². The van der Waals surface area contributed by atoms with Crippen molar-refractivity contribution in [2.75, 3.05) is 0 Å². The average Bonchev–Trinajstić information content (AvgIpc) is 2.76. The molecule has 0 bridgehead atoms. The molecule has 0 atom stereocenters. The number of nitrogens with zero attached hydrogens (tertiary/aromatic N) is 2. The third kappa shape index (κ3) is 2.98. The molecule has 2 nitrogen and oxygen atoms in total. The van der Waals surface area contributed by atoms with Crippen LogP contribution < -0.4 is 4.40 Å². The summed E-state index contributed by atoms with van der Waals surface area (Å²) < 4.78 is 1.54. The van der Waals surface area contributed by atoms with E-state index in [1.165, 1.54) is 20.6 Å². The van der Waals surface area contributed by atoms with E-state index in [1.807, 2.05) is 30.5 Å². The quantitative estimate of drug-likeness (QED) is 0.158. The summed E-state index contributed by atoms with van der Waals surface area (Å²) in [7, 11) is 0. The van der Waals surface area contributed by atoms with Crippen LogP contribution in [-0.2, 0) is 0 Å². The van der Waals surface area contributed by atoms with Crippen LogP contribution in [0.4, 0.5) is 5.69 Å². The second-order valence-corrected chi connectivity index (χ2v) is 19.4. The molecule has 5 aromatic rings. The van der Waals surface area contributed by atoms with Crippen LogP contribution in [0.3, 0.4) is 0 Å². The third-order valence-electron chi connectivity index (χ3n) is 5.84. The Morgan fingerprint density at radius 2 is 1.47 bits per heavy atom. The van der Waals surface area contributed by atoms with Crippen LogP contribution >= 0.6 is 0 Å². The van der Waals surface area contributed by atoms with Crippen LogP contribution in [0.15, 0.2) is 79.0 Å². The Morgan fingerprint density at radius 1 is 0.733 bits per heavy atom. The average molecular weight is 447 g/mol. The molecule has 5 rings (SSSR count). The zero-order valence-electron chi connectivity index (χ0n) is 17.4. The number of hydrogen-bond acceptors (Lipinski definition) is 1. The zero-order chi connectivity index (χ0) is 20.9. The Morgan fingerprint density at radius 3 is 2.27 bits per heavy atom. The van der Waals surface area contributed by atoms with E-state index in [2.05, 4.69) is 70.6 Å². The minimum absolute atomic E-state index is 0.672. The standard InChI is InChI=1S/C27H22GeN2/c1-28(2,3)25-11-7-10-21-22-14-15-30-27(24(22)13-12-23(21)25)19-16-18-8-5-6-9-20(18)26(17-19)29-4/h5-17H,1-3H3. The molecule has 0 saturated carbocycles. The van der Waals surface area contributed by atoms with Gasteiger partial charge in [0.15, 0.2) is 0 Å². The number of hydrogen-bond donors (Lipinski definition) is 0. The first-order chi connectivity index (χ1) is 14.5. The van der Waals surface area contributed by atoms with E-state index >= 15 is 0 Å². The van der Waals surface area contributed by atoms with Crippen molar-refractivity contribution in [1.29, 1.82) is 0 Å². The molecule has 1 heterocycles. The summed E-state index contributed by atoms with van der Waals surface area (Å²) in [5.41, 5.74) is 2.60. The third-order valence-corrected chi connectivity index (χ3v) is 10.2. The molecular weight excluding hydrogens is 425 g/mol. The van der Waals surface area contributed by atoms with Crippen molar-refractivity contribution in [1.82, 2.24) is 4.98 Å². The second kappa shape index (κ2) is 6.97. The van der Waals surface area contributed by atoms with Crippen LogP contribution in [-0.4, -0.2) is 18.3 Å². The van der Waals surface area contributed by atoms with Crippen molar-refractivity contribution >= 4 is 55.7 Å². The van der Waals surface area contributed by atoms with Crippen LogP contribution in [0, 0.1) is 6.57 Å². The molecule has 0 radical (unpaired) electrons. The molecule has 0 aliphatic heterocycles. The summed E-state index contributed by atoms with van der Waals surface area (Å²) >= 11 is -1.99. The van der Waals surface area contributed by atoms with Gasteiger partial charge in [0, 0.05) is 0 Å². The Labute approximate surface area is 179 Å². The Hall–Kier alpha value is -3.16. The van der Waals surface area contributed by atoms with Gasteiger partial charge in [-0.15, -0.1) is 0 Å². The van der Waals surface area contributed by atoms with Crippen molar-refractivity contribution in [2.24, 2.45) is 0 Å². The van der Waals surface area contributed by atoms with Gasteiger partial charge in [-0.2, -0.15) is 0 Å². The molecule has 30 heavy (non-hydrogen) atoms. The molecular formula is C27H22GeN2. The van der Waals surface area contributed by atoms with Crippen molar-refractivity contribution in [3.63, 3.8) is 0 Å². The van der Waals surface area contributed by atoms with Gasteiger partial charge < -0.3 is 0 Å². The fraction of sp³-hybridized carbons (Fsp3) is 0.111. The van der Waals surface area contributed by atoms with Crippen LogP contribution in [0.5, 0.6) is 0 Å². The summed E-state index contributed by atoms with van der Waals surface area (Å²) in [5, 5.41) is 7.08. The molecule has 4 aromatic carbocycles. The van der Waals surface area contributed by atoms with E-state index in [1.54, 1.807) is 0 Å². The molecule has 0 saturated heterocycles. The zero-order valence-corrected chi connectivity index (χ0v) is 19.5. The first-order valence-corrected chi connectivity index (χ1v) is 17.5. The van der Waals surface area contributed by atoms with Gasteiger partial charge in [-0.25, -0.2) is 0 Å². The van der Waals surface area contributed by atoms with Gasteiger partial charge in [0.2, 0.25) is 0 Å². The van der Waals surface area contributed by atoms with Crippen molar-refractivity contribution in [3.05, 3.63) is 90.4 Å². The predicted molar refractivity (Wildman–Crippen MR) is 131 cm³/mol. The SMILES string of the molecule is [C-]#[N+]c1cc(-c2nccc3c2ccc2[c]([Ge]([CH3])([CH3])[CH3])cccc23)cc2ccccc12. The number of pyridine rings is 1. The van der Waals surface area contributed by atoms with Gasteiger partial charge in [-0.05, 0) is 0 Å². The Balaban J connectivity index is 1.83. The van der Waals surface area contributed by atoms with Gasteiger partial charge in [0.25, 0.3) is 0 Å². The maximum atomic E-state index is 7.65. The topological polar surface area (TPSA) is 17.2 Å². The van der Waals surface area contributed by atoms with Gasteiger partial charge in [0.1, 0.15) is 0 Å². The van der Waals surface area contributed by atoms with E-state index < -0.39 is 13.3 Å². The van der Waals surface area contributed by atoms with Gasteiger partial charge >= 0.3 is 180 Å². The van der Waals surface area contributed by atoms with Crippen LogP contribution in [0.25, 0.3) is 48.4 Å². The number of aromatic nitrogens is 1. The monoisotopic (exact) mass is 448 g/mol. The maximum absolute atomic E-state index is 7.65. The summed E-state index contributed by atoms with van der Waals surface area (Å²) in [5.74, 6) is 7.33. The van der Waals surface area contributed by atoms with Crippen molar-refractivity contribution in [2.45, 2.75) is 17.3 Å². The van der Waals surface area contributed by atoms with Crippen LogP contribution in [0.1, 0.15) is 0 Å². The number of benzene rings is 4. The second-order valence-electron chi connectivity index (χ2n) is 8.80. The first-order valence-electron chi connectivity index (χ1n) is 10.2. The van der Waals surface area contributed by atoms with E-state index in [9.17, 15) is 0 Å². The number of fused-ring (bicyclic) bond motifs is 4. The summed E-state index contributed by atoms with van der Waals surface area (Å²) in [4.78, 5) is 8.53. The summed E-state index contributed by atoms with van der Waals surface area (Å²) in [6.45, 7) is 7.65. The molecule has 3 heteroatoms. The summed E-state index contributed by atoms with van der Waals surface area (Å²) in [6, 6.07) is 25.5. The van der Waals surface area contributed by atoms with E-state index in [4.69, 9.17) is 11.6 Å². The molecule has 1 aromatic heterocycles. The molecule has 0 unspecified atom stereocenters. The molecule has 0 aliphatic rings. The Bertz CT molecular complexity index is 1490. The fourth-order valence-electron chi connectivity index (χ4n) is 4.43. The van der Waals surface area contributed by atoms with Crippen molar-refractivity contribution < 1.29 is 0 Å². The molecule has 0 aliphatic carbocycles.